The molecule has 0 unspecified atom stereocenters. The number of fused-ring (bicyclic) bond motifs is 1. The van der Waals surface area contributed by atoms with Crippen molar-refractivity contribution in [2.75, 3.05) is 4.90 Å². The highest BCUT2D eigenvalue weighted by molar-refractivity contribution is 9.10. The number of benzene rings is 2. The smallest absolute Gasteiger partial charge is 0.154 e. The molecule has 0 aliphatic carbocycles. The first-order valence-electron chi connectivity index (χ1n) is 8.39. The average molecular weight is 466 g/mol. The fourth-order valence-electron chi connectivity index (χ4n) is 2.92. The Labute approximate surface area is 175 Å². The fourth-order valence-corrected chi connectivity index (χ4v) is 3.50. The number of allylic oxidation sites excluding steroid dienone is 1. The molecule has 2 aromatic carbocycles. The standard InChI is InChI=1S/C21H16BrClF2N2O/c1-11(28)9-10-27-13(3)12(2)26-21(18-15(24)5-4-6-16(18)25)19-17(27)8-7-14(22)20(19)23/h4-10,12H,3H2,1-2H3/b10-9-/t12-/m0/s1. The van der Waals surface area contributed by atoms with Gasteiger partial charge in [0.25, 0.3) is 0 Å². The number of ketones is 1. The SMILES string of the molecule is C=C1[C@H](C)N=C(c2c(F)cccc2F)c2c(ccc(Br)c2Cl)N1/C=C\C(C)=O. The van der Waals surface area contributed by atoms with Gasteiger partial charge in [0.15, 0.2) is 5.78 Å². The quantitative estimate of drug-likeness (QED) is 0.518. The van der Waals surface area contributed by atoms with Crippen molar-refractivity contribution < 1.29 is 13.6 Å². The molecule has 2 aromatic rings. The number of benzodiazepines with no additional fused rings is 1. The number of nitrogens with zero attached hydrogens (tertiary/aromatic N) is 2. The lowest BCUT2D eigenvalue weighted by Gasteiger charge is -2.25. The minimum atomic E-state index is -0.744. The van der Waals surface area contributed by atoms with Crippen molar-refractivity contribution in [1.29, 1.82) is 0 Å². The van der Waals surface area contributed by atoms with E-state index in [1.165, 1.54) is 31.2 Å². The van der Waals surface area contributed by atoms with Gasteiger partial charge in [0.05, 0.1) is 28.0 Å². The van der Waals surface area contributed by atoms with Crippen molar-refractivity contribution in [3.05, 3.63) is 87.1 Å². The molecule has 0 aromatic heterocycles. The summed E-state index contributed by atoms with van der Waals surface area (Å²) in [7, 11) is 0. The van der Waals surface area contributed by atoms with Gasteiger partial charge in [0.2, 0.25) is 0 Å². The van der Waals surface area contributed by atoms with Gasteiger partial charge in [-0.1, -0.05) is 24.2 Å². The second kappa shape index (κ2) is 7.97. The lowest BCUT2D eigenvalue weighted by atomic mass is 9.99. The van der Waals surface area contributed by atoms with Crippen LogP contribution in [0.25, 0.3) is 0 Å². The molecule has 0 saturated heterocycles. The summed E-state index contributed by atoms with van der Waals surface area (Å²) in [6.07, 6.45) is 2.94. The van der Waals surface area contributed by atoms with E-state index in [1.54, 1.807) is 30.2 Å². The van der Waals surface area contributed by atoms with Crippen molar-refractivity contribution in [3.8, 4) is 0 Å². The molecule has 28 heavy (non-hydrogen) atoms. The molecule has 0 saturated carbocycles. The Kier molecular flexibility index (Phi) is 5.82. The summed E-state index contributed by atoms with van der Waals surface area (Å²) in [6.45, 7) is 7.23. The maximum atomic E-state index is 14.6. The Hall–Kier alpha value is -2.31. The van der Waals surface area contributed by atoms with Gasteiger partial charge in [-0.05, 0) is 60.1 Å². The zero-order chi connectivity index (χ0) is 20.6. The molecule has 144 valence electrons. The van der Waals surface area contributed by atoms with Gasteiger partial charge in [-0.25, -0.2) is 8.78 Å². The highest BCUT2D eigenvalue weighted by Gasteiger charge is 2.30. The Balaban J connectivity index is 2.37. The number of anilines is 1. The summed E-state index contributed by atoms with van der Waals surface area (Å²) in [5.41, 5.74) is 1.22. The van der Waals surface area contributed by atoms with E-state index < -0.39 is 17.7 Å². The van der Waals surface area contributed by atoms with Gasteiger partial charge in [-0.3, -0.25) is 9.79 Å². The summed E-state index contributed by atoms with van der Waals surface area (Å²) in [6, 6.07) is 6.56. The third kappa shape index (κ3) is 3.66. The van der Waals surface area contributed by atoms with Crippen molar-refractivity contribution in [1.82, 2.24) is 0 Å². The molecule has 1 aliphatic rings. The summed E-state index contributed by atoms with van der Waals surface area (Å²) >= 11 is 9.90. The van der Waals surface area contributed by atoms with E-state index in [2.05, 4.69) is 27.5 Å². The van der Waals surface area contributed by atoms with Crippen LogP contribution in [0.2, 0.25) is 5.02 Å². The molecule has 3 nitrogen and oxygen atoms in total. The molecule has 1 aliphatic heterocycles. The maximum Gasteiger partial charge on any atom is 0.154 e. The van der Waals surface area contributed by atoms with Gasteiger partial charge >= 0.3 is 0 Å². The fraction of sp³-hybridized carbons (Fsp3) is 0.143. The van der Waals surface area contributed by atoms with Crippen molar-refractivity contribution in [2.24, 2.45) is 4.99 Å². The van der Waals surface area contributed by atoms with Crippen LogP contribution in [0.15, 0.2) is 64.3 Å². The zero-order valence-corrected chi connectivity index (χ0v) is 17.5. The number of hydrogen-bond donors (Lipinski definition) is 0. The molecule has 0 amide bonds. The summed E-state index contributed by atoms with van der Waals surface area (Å²) in [4.78, 5) is 17.7. The maximum absolute atomic E-state index is 14.6. The number of carbonyl (C=O) groups is 1. The molecule has 7 heteroatoms. The monoisotopic (exact) mass is 464 g/mol. The molecule has 1 atom stereocenters. The van der Waals surface area contributed by atoms with Crippen LogP contribution in [-0.4, -0.2) is 17.5 Å². The molecule has 3 rings (SSSR count). The van der Waals surface area contributed by atoms with E-state index in [9.17, 15) is 13.6 Å². The minimum absolute atomic E-state index is 0.0873. The van der Waals surface area contributed by atoms with Crippen molar-refractivity contribution >= 4 is 44.7 Å². The zero-order valence-electron chi connectivity index (χ0n) is 15.1. The number of rotatable bonds is 3. The first-order valence-corrected chi connectivity index (χ1v) is 9.56. The molecule has 1 heterocycles. The van der Waals surface area contributed by atoms with Crippen LogP contribution in [0.3, 0.4) is 0 Å². The molecule has 0 fully saturated rings. The van der Waals surface area contributed by atoms with E-state index in [0.717, 1.165) is 0 Å². The number of hydrogen-bond acceptors (Lipinski definition) is 3. The Morgan fingerprint density at radius 1 is 1.25 bits per heavy atom. The minimum Gasteiger partial charge on any atom is -0.318 e. The van der Waals surface area contributed by atoms with E-state index in [1.807, 2.05) is 0 Å². The van der Waals surface area contributed by atoms with Crippen molar-refractivity contribution in [3.63, 3.8) is 0 Å². The number of carbonyl (C=O) groups excluding carboxylic acids is 1. The lowest BCUT2D eigenvalue weighted by Crippen LogP contribution is -2.21. The van der Waals surface area contributed by atoms with Gasteiger partial charge in [0.1, 0.15) is 11.6 Å². The number of aliphatic imine (C=N–C) groups is 1. The Morgan fingerprint density at radius 3 is 2.50 bits per heavy atom. The summed E-state index contributed by atoms with van der Waals surface area (Å²) in [5, 5.41) is 0.252. The second-order valence-corrected chi connectivity index (χ2v) is 7.53. The van der Waals surface area contributed by atoms with E-state index in [-0.39, 0.29) is 22.1 Å². The van der Waals surface area contributed by atoms with E-state index in [0.29, 0.717) is 21.4 Å². The van der Waals surface area contributed by atoms with Gasteiger partial charge in [-0.15, -0.1) is 0 Å². The molecule has 0 spiro atoms. The molecule has 0 bridgehead atoms. The lowest BCUT2D eigenvalue weighted by molar-refractivity contribution is -0.112. The Bertz CT molecular complexity index is 1030. The molecule has 0 N–H and O–H groups in total. The average Bonchev–Trinajstić information content (AvgIpc) is 2.72. The van der Waals surface area contributed by atoms with Crippen LogP contribution < -0.4 is 4.90 Å². The second-order valence-electron chi connectivity index (χ2n) is 6.29. The predicted octanol–water partition coefficient (Wildman–Crippen LogP) is 6.04. The molecular formula is C21H16BrClF2N2O. The third-order valence-electron chi connectivity index (χ3n) is 4.34. The highest BCUT2D eigenvalue weighted by atomic mass is 79.9. The van der Waals surface area contributed by atoms with E-state index in [4.69, 9.17) is 11.6 Å². The largest absolute Gasteiger partial charge is 0.318 e. The first kappa shape index (κ1) is 20.4. The summed E-state index contributed by atoms with van der Waals surface area (Å²) in [5.74, 6) is -1.65. The van der Waals surface area contributed by atoms with E-state index >= 15 is 0 Å². The van der Waals surface area contributed by atoms with Crippen molar-refractivity contribution in [2.45, 2.75) is 19.9 Å². The predicted molar refractivity (Wildman–Crippen MR) is 112 cm³/mol. The molecule has 0 radical (unpaired) electrons. The first-order chi connectivity index (χ1) is 13.2. The molecular weight excluding hydrogens is 450 g/mol. The van der Waals surface area contributed by atoms with Crippen LogP contribution >= 0.6 is 27.5 Å². The number of halogens is 4. The van der Waals surface area contributed by atoms with Crippen LogP contribution in [0.4, 0.5) is 14.5 Å². The van der Waals surface area contributed by atoms with Gasteiger partial charge in [0, 0.05) is 21.9 Å². The van der Waals surface area contributed by atoms with Gasteiger partial charge < -0.3 is 4.90 Å². The highest BCUT2D eigenvalue weighted by Crippen LogP contribution is 2.40. The van der Waals surface area contributed by atoms with Crippen LogP contribution in [0.5, 0.6) is 0 Å². The Morgan fingerprint density at radius 2 is 1.89 bits per heavy atom. The third-order valence-corrected chi connectivity index (χ3v) is 5.62. The topological polar surface area (TPSA) is 32.7 Å². The van der Waals surface area contributed by atoms with Crippen LogP contribution in [0.1, 0.15) is 25.0 Å². The summed E-state index contributed by atoms with van der Waals surface area (Å²) < 4.78 is 29.7. The van der Waals surface area contributed by atoms with Crippen LogP contribution in [0, 0.1) is 11.6 Å². The normalized spacial score (nSPS) is 16.8. The van der Waals surface area contributed by atoms with Crippen LogP contribution in [-0.2, 0) is 4.79 Å². The van der Waals surface area contributed by atoms with Gasteiger partial charge in [-0.2, -0.15) is 0 Å².